The maximum absolute atomic E-state index is 13.8. The predicted octanol–water partition coefficient (Wildman–Crippen LogP) is 5.66. The smallest absolute Gasteiger partial charge is 0.268 e. The van der Waals surface area contributed by atoms with Crippen molar-refractivity contribution in [2.24, 2.45) is 0 Å². The fourth-order valence-electron chi connectivity index (χ4n) is 3.37. The van der Waals surface area contributed by atoms with Crippen LogP contribution in [0.5, 0.6) is 0 Å². The van der Waals surface area contributed by atoms with E-state index in [-0.39, 0.29) is 5.69 Å². The molecule has 3 aromatic rings. The van der Waals surface area contributed by atoms with E-state index in [0.717, 1.165) is 21.6 Å². The minimum atomic E-state index is -0.494. The van der Waals surface area contributed by atoms with Gasteiger partial charge in [0.2, 0.25) is 0 Å². The number of amides is 2. The number of halogens is 1. The number of hydrogen-bond donors (Lipinski definition) is 0. The van der Waals surface area contributed by atoms with Crippen LogP contribution in [0.2, 0.25) is 0 Å². The first-order valence-corrected chi connectivity index (χ1v) is 10.6. The van der Waals surface area contributed by atoms with Crippen LogP contribution < -0.4 is 4.90 Å². The van der Waals surface area contributed by atoms with Gasteiger partial charge in [0.1, 0.15) is 5.82 Å². The first-order chi connectivity index (χ1) is 14.5. The predicted molar refractivity (Wildman–Crippen MR) is 119 cm³/mol. The molecule has 1 heterocycles. The molecule has 30 heavy (non-hydrogen) atoms. The highest BCUT2D eigenvalue weighted by atomic mass is 32.2. The Balaban J connectivity index is 1.77. The minimum absolute atomic E-state index is 0.238. The van der Waals surface area contributed by atoms with E-state index < -0.39 is 17.6 Å². The summed E-state index contributed by atoms with van der Waals surface area (Å²) in [6.45, 7) is 3.97. The van der Waals surface area contributed by atoms with Crippen molar-refractivity contribution in [3.05, 3.63) is 106 Å². The van der Waals surface area contributed by atoms with Crippen LogP contribution in [0.15, 0.2) is 77.7 Å². The maximum atomic E-state index is 13.8. The lowest BCUT2D eigenvalue weighted by atomic mass is 10.0. The number of carbonyl (C=O) groups excluding carboxylic acids is 2. The van der Waals surface area contributed by atoms with Crippen LogP contribution in [0.25, 0.3) is 5.57 Å². The second kappa shape index (κ2) is 8.28. The van der Waals surface area contributed by atoms with Crippen molar-refractivity contribution in [1.82, 2.24) is 0 Å². The topological polar surface area (TPSA) is 37.4 Å². The van der Waals surface area contributed by atoms with E-state index in [0.29, 0.717) is 21.8 Å². The molecule has 0 spiro atoms. The molecule has 0 unspecified atom stereocenters. The number of imide groups is 1. The van der Waals surface area contributed by atoms with Gasteiger partial charge in [0.15, 0.2) is 0 Å². The highest BCUT2D eigenvalue weighted by Gasteiger charge is 2.40. The maximum Gasteiger partial charge on any atom is 0.272 e. The molecule has 0 N–H and O–H groups in total. The fraction of sp³-hybridized carbons (Fsp3) is 0.120. The van der Waals surface area contributed by atoms with E-state index in [9.17, 15) is 14.0 Å². The van der Waals surface area contributed by atoms with Crippen LogP contribution in [0, 0.1) is 19.7 Å². The molecule has 150 valence electrons. The van der Waals surface area contributed by atoms with Crippen LogP contribution in [0.4, 0.5) is 10.1 Å². The number of hydrogen-bond acceptors (Lipinski definition) is 3. The van der Waals surface area contributed by atoms with Crippen LogP contribution in [0.3, 0.4) is 0 Å². The average molecular weight is 418 g/mol. The number of nitrogens with zero attached hydrogens (tertiary/aromatic N) is 1. The monoisotopic (exact) mass is 417 g/mol. The SMILES string of the molecule is Cc1ccc(C2=C(SCc3ccccc3)C(=O)N(c3cccc(F)c3)C2=O)cc1C. The molecule has 0 saturated heterocycles. The third kappa shape index (κ3) is 3.81. The Hall–Kier alpha value is -3.18. The Morgan fingerprint density at radius 1 is 0.833 bits per heavy atom. The van der Waals surface area contributed by atoms with Gasteiger partial charge in [-0.15, -0.1) is 11.8 Å². The second-order valence-electron chi connectivity index (χ2n) is 7.20. The molecule has 0 atom stereocenters. The second-order valence-corrected chi connectivity index (χ2v) is 8.19. The standard InChI is InChI=1S/C25H20FNO2S/c1-16-11-12-19(13-17(16)2)22-23(30-15-18-7-4-3-5-8-18)25(29)27(24(22)28)21-10-6-9-20(26)14-21/h3-14H,15H2,1-2H3. The normalized spacial score (nSPS) is 14.0. The highest BCUT2D eigenvalue weighted by Crippen LogP contribution is 2.40. The van der Waals surface area contributed by atoms with Crippen LogP contribution >= 0.6 is 11.8 Å². The Labute approximate surface area is 179 Å². The number of thioether (sulfide) groups is 1. The summed E-state index contributed by atoms with van der Waals surface area (Å²) in [7, 11) is 0. The van der Waals surface area contributed by atoms with E-state index in [1.54, 1.807) is 6.07 Å². The van der Waals surface area contributed by atoms with Gasteiger partial charge in [0.05, 0.1) is 16.2 Å². The molecule has 0 radical (unpaired) electrons. The molecule has 0 saturated carbocycles. The van der Waals surface area contributed by atoms with Gasteiger partial charge in [-0.3, -0.25) is 9.59 Å². The van der Waals surface area contributed by atoms with Crippen molar-refractivity contribution in [2.45, 2.75) is 19.6 Å². The quantitative estimate of drug-likeness (QED) is 0.503. The third-order valence-electron chi connectivity index (χ3n) is 5.13. The summed E-state index contributed by atoms with van der Waals surface area (Å²) in [6.07, 6.45) is 0. The van der Waals surface area contributed by atoms with Gasteiger partial charge >= 0.3 is 0 Å². The summed E-state index contributed by atoms with van der Waals surface area (Å²) in [5.41, 5.74) is 4.51. The molecular formula is C25H20FNO2S. The lowest BCUT2D eigenvalue weighted by Gasteiger charge is -2.15. The van der Waals surface area contributed by atoms with E-state index in [1.807, 2.05) is 62.4 Å². The summed E-state index contributed by atoms with van der Waals surface area (Å²) < 4.78 is 13.8. The lowest BCUT2D eigenvalue weighted by molar-refractivity contribution is -0.119. The van der Waals surface area contributed by atoms with Crippen LogP contribution in [0.1, 0.15) is 22.3 Å². The molecule has 1 aliphatic rings. The number of anilines is 1. The third-order valence-corrected chi connectivity index (χ3v) is 6.27. The van der Waals surface area contributed by atoms with Crippen LogP contribution in [-0.2, 0) is 15.3 Å². The molecule has 2 amide bonds. The molecular weight excluding hydrogens is 397 g/mol. The van der Waals surface area contributed by atoms with Crippen molar-refractivity contribution in [3.63, 3.8) is 0 Å². The number of aryl methyl sites for hydroxylation is 2. The van der Waals surface area contributed by atoms with Crippen molar-refractivity contribution >= 4 is 34.8 Å². The first-order valence-electron chi connectivity index (χ1n) is 9.58. The molecule has 4 rings (SSSR count). The van der Waals surface area contributed by atoms with Gasteiger partial charge in [0, 0.05) is 5.75 Å². The zero-order chi connectivity index (χ0) is 21.3. The molecule has 0 bridgehead atoms. The molecule has 5 heteroatoms. The van der Waals surface area contributed by atoms with E-state index in [4.69, 9.17) is 0 Å². The summed E-state index contributed by atoms with van der Waals surface area (Å²) in [6, 6.07) is 21.1. The van der Waals surface area contributed by atoms with Crippen molar-refractivity contribution in [2.75, 3.05) is 4.90 Å². The molecule has 0 aromatic heterocycles. The summed E-state index contributed by atoms with van der Waals surface area (Å²) >= 11 is 1.34. The Morgan fingerprint density at radius 3 is 2.30 bits per heavy atom. The van der Waals surface area contributed by atoms with Gasteiger partial charge in [-0.2, -0.15) is 0 Å². The zero-order valence-corrected chi connectivity index (χ0v) is 17.5. The van der Waals surface area contributed by atoms with Gasteiger partial charge < -0.3 is 0 Å². The summed E-state index contributed by atoms with van der Waals surface area (Å²) in [4.78, 5) is 28.1. The van der Waals surface area contributed by atoms with E-state index in [2.05, 4.69) is 0 Å². The van der Waals surface area contributed by atoms with Gasteiger partial charge in [-0.25, -0.2) is 9.29 Å². The van der Waals surface area contributed by atoms with E-state index >= 15 is 0 Å². The molecule has 0 fully saturated rings. The van der Waals surface area contributed by atoms with Crippen molar-refractivity contribution in [3.8, 4) is 0 Å². The summed E-state index contributed by atoms with van der Waals surface area (Å²) in [5.74, 6) is -0.782. The highest BCUT2D eigenvalue weighted by molar-refractivity contribution is 8.03. The lowest BCUT2D eigenvalue weighted by Crippen LogP contribution is -2.31. The largest absolute Gasteiger partial charge is 0.272 e. The van der Waals surface area contributed by atoms with E-state index in [1.165, 1.54) is 30.0 Å². The van der Waals surface area contributed by atoms with Gasteiger partial charge in [-0.1, -0.05) is 54.6 Å². The van der Waals surface area contributed by atoms with Crippen LogP contribution in [-0.4, -0.2) is 11.8 Å². The zero-order valence-electron chi connectivity index (χ0n) is 16.7. The summed E-state index contributed by atoms with van der Waals surface area (Å²) in [5, 5.41) is 0. The molecule has 3 aromatic carbocycles. The first kappa shape index (κ1) is 20.1. The fourth-order valence-corrected chi connectivity index (χ4v) is 4.44. The molecule has 0 aliphatic carbocycles. The van der Waals surface area contributed by atoms with Crippen molar-refractivity contribution < 1.29 is 14.0 Å². The number of benzene rings is 3. The molecule has 1 aliphatic heterocycles. The molecule has 3 nitrogen and oxygen atoms in total. The average Bonchev–Trinajstić information content (AvgIpc) is 2.99. The Bertz CT molecular complexity index is 1170. The number of rotatable bonds is 5. The minimum Gasteiger partial charge on any atom is -0.268 e. The van der Waals surface area contributed by atoms with Gasteiger partial charge in [0.25, 0.3) is 11.8 Å². The Morgan fingerprint density at radius 2 is 1.60 bits per heavy atom. The Kier molecular flexibility index (Phi) is 5.55. The number of carbonyl (C=O) groups is 2. The van der Waals surface area contributed by atoms with Gasteiger partial charge in [-0.05, 0) is 54.3 Å². The van der Waals surface area contributed by atoms with Crippen molar-refractivity contribution in [1.29, 1.82) is 0 Å².